The van der Waals surface area contributed by atoms with Crippen molar-refractivity contribution in [3.8, 4) is 0 Å². The monoisotopic (exact) mass is 999 g/mol. The standard InChI is InChI=1S/C18H30O2.C14H20O4.C12H21F3O3.C12H22O2/c1-5-17(3,4)16(19)20-18(6-2)14-8-12-7-13(10-14)11-15(18)9-12;1-4-14(2,3)13(16)18-10-7-5-8-9(6-7)12(15)17-11(8)10;1-6-10(3,4)9(16)18-8(2)7-11(5,17)12(13,14)15;1-5-11(2,3)10(13)14-12(4)8-6-7-9-12/h12-15H,5-11H2,1-4H3;7-11H,4-6H2,1-3H3;8,17H,6-7H2,1-5H3;5-9H2,1-4H3. The molecule has 1 heterocycles. The van der Waals surface area contributed by atoms with E-state index in [0.717, 1.165) is 63.2 Å². The molecule has 7 unspecified atom stereocenters. The zero-order chi connectivity index (χ0) is 53.2. The third-order valence-electron chi connectivity index (χ3n) is 18.4. The third-order valence-corrected chi connectivity index (χ3v) is 18.4. The normalized spacial score (nSPS) is 31.6. The number of fused-ring (bicyclic) bond motifs is 1. The van der Waals surface area contributed by atoms with Crippen molar-refractivity contribution in [1.82, 2.24) is 0 Å². The van der Waals surface area contributed by atoms with Gasteiger partial charge in [0.05, 0.1) is 27.6 Å². The molecule has 0 amide bonds. The summed E-state index contributed by atoms with van der Waals surface area (Å²) in [5.41, 5.74) is -5.02. The average molecular weight is 999 g/mol. The Kier molecular flexibility index (Phi) is 19.0. The van der Waals surface area contributed by atoms with Crippen LogP contribution >= 0.6 is 0 Å². The second kappa shape index (κ2) is 22.3. The van der Waals surface area contributed by atoms with Gasteiger partial charge in [0.25, 0.3) is 0 Å². The first-order valence-electron chi connectivity index (χ1n) is 27.0. The van der Waals surface area contributed by atoms with E-state index in [-0.39, 0.29) is 64.0 Å². The van der Waals surface area contributed by atoms with Crippen LogP contribution in [-0.4, -0.2) is 76.2 Å². The van der Waals surface area contributed by atoms with Gasteiger partial charge < -0.3 is 28.8 Å². The minimum Gasteiger partial charge on any atom is -0.462 e. The highest BCUT2D eigenvalue weighted by atomic mass is 19.4. The molecule has 7 atom stereocenters. The van der Waals surface area contributed by atoms with E-state index >= 15 is 0 Å². The molecule has 8 rings (SSSR count). The number of aliphatic hydroxyl groups is 1. The van der Waals surface area contributed by atoms with Gasteiger partial charge in [-0.15, -0.1) is 0 Å². The van der Waals surface area contributed by atoms with Crippen LogP contribution in [-0.2, 0) is 47.7 Å². The van der Waals surface area contributed by atoms with Crippen molar-refractivity contribution in [3.63, 3.8) is 0 Å². The number of ether oxygens (including phenoxy) is 5. The number of carbonyl (C=O) groups excluding carboxylic acids is 5. The lowest BCUT2D eigenvalue weighted by molar-refractivity contribution is -0.261. The van der Waals surface area contributed by atoms with Crippen LogP contribution in [0.4, 0.5) is 13.2 Å². The number of esters is 5. The molecule has 6 bridgehead atoms. The number of alkyl halides is 3. The largest absolute Gasteiger partial charge is 0.462 e. The van der Waals surface area contributed by atoms with Gasteiger partial charge in [-0.1, -0.05) is 34.6 Å². The van der Waals surface area contributed by atoms with Crippen molar-refractivity contribution < 1.29 is 65.9 Å². The Bertz CT molecular complexity index is 1800. The molecule has 7 aliphatic carbocycles. The molecule has 14 heteroatoms. The molecule has 11 nitrogen and oxygen atoms in total. The van der Waals surface area contributed by atoms with Gasteiger partial charge in [-0.3, -0.25) is 24.0 Å². The number of halogens is 3. The predicted molar refractivity (Wildman–Crippen MR) is 262 cm³/mol. The van der Waals surface area contributed by atoms with Crippen LogP contribution in [0, 0.1) is 63.1 Å². The molecular formula is C56H93F3O11. The number of rotatable bonds is 15. The lowest BCUT2D eigenvalue weighted by Gasteiger charge is -2.60. The van der Waals surface area contributed by atoms with Crippen LogP contribution in [0.2, 0.25) is 0 Å². The smallest absolute Gasteiger partial charge is 0.417 e. The summed E-state index contributed by atoms with van der Waals surface area (Å²) in [5.74, 6) is 3.02. The summed E-state index contributed by atoms with van der Waals surface area (Å²) < 4.78 is 65.2. The molecule has 0 aromatic carbocycles. The first-order chi connectivity index (χ1) is 32.1. The number of hydrogen-bond acceptors (Lipinski definition) is 11. The van der Waals surface area contributed by atoms with Crippen molar-refractivity contribution in [1.29, 1.82) is 0 Å². The summed E-state index contributed by atoms with van der Waals surface area (Å²) in [5, 5.41) is 9.28. The first-order valence-corrected chi connectivity index (χ1v) is 27.0. The lowest BCUT2D eigenvalue weighted by atomic mass is 9.49. The third kappa shape index (κ3) is 13.4. The zero-order valence-corrected chi connectivity index (χ0v) is 46.0. The minimum absolute atomic E-state index is 0.0364. The van der Waals surface area contributed by atoms with E-state index in [2.05, 4.69) is 20.8 Å². The van der Waals surface area contributed by atoms with E-state index in [9.17, 15) is 42.3 Å². The molecule has 7 saturated carbocycles. The summed E-state index contributed by atoms with van der Waals surface area (Å²) in [6.07, 6.45) is 10.1. The minimum atomic E-state index is -4.74. The highest BCUT2D eigenvalue weighted by Crippen LogP contribution is 2.61. The van der Waals surface area contributed by atoms with Crippen molar-refractivity contribution in [2.75, 3.05) is 0 Å². The van der Waals surface area contributed by atoms with E-state index in [1.807, 2.05) is 55.4 Å². The predicted octanol–water partition coefficient (Wildman–Crippen LogP) is 12.8. The first kappa shape index (κ1) is 59.7. The van der Waals surface area contributed by atoms with Crippen LogP contribution in [0.1, 0.15) is 220 Å². The fourth-order valence-corrected chi connectivity index (χ4v) is 11.7. The summed E-state index contributed by atoms with van der Waals surface area (Å²) in [7, 11) is 0. The van der Waals surface area contributed by atoms with Crippen molar-refractivity contribution in [3.05, 3.63) is 0 Å². The van der Waals surface area contributed by atoms with Crippen LogP contribution in [0.5, 0.6) is 0 Å². The second-order valence-electron chi connectivity index (χ2n) is 25.5. The summed E-state index contributed by atoms with van der Waals surface area (Å²) in [6, 6.07) is 0. The van der Waals surface area contributed by atoms with Gasteiger partial charge >= 0.3 is 36.0 Å². The van der Waals surface area contributed by atoms with Gasteiger partial charge in [-0.05, 0) is 203 Å². The van der Waals surface area contributed by atoms with Gasteiger partial charge in [0.2, 0.25) is 0 Å². The molecule has 1 aliphatic heterocycles. The fourth-order valence-electron chi connectivity index (χ4n) is 11.7. The van der Waals surface area contributed by atoms with E-state index in [0.29, 0.717) is 37.0 Å². The van der Waals surface area contributed by atoms with Crippen LogP contribution < -0.4 is 0 Å². The summed E-state index contributed by atoms with van der Waals surface area (Å²) in [6.45, 7) is 29.2. The Morgan fingerprint density at radius 1 is 0.671 bits per heavy atom. The van der Waals surface area contributed by atoms with E-state index in [4.69, 9.17) is 23.7 Å². The lowest BCUT2D eigenvalue weighted by Crippen LogP contribution is -2.60. The molecule has 0 aromatic rings. The Morgan fingerprint density at radius 2 is 1.11 bits per heavy atom. The molecule has 1 saturated heterocycles. The maximum absolute atomic E-state index is 12.6. The summed E-state index contributed by atoms with van der Waals surface area (Å²) in [4.78, 5) is 59.9. The van der Waals surface area contributed by atoms with Crippen molar-refractivity contribution in [2.24, 2.45) is 63.1 Å². The maximum atomic E-state index is 12.6. The van der Waals surface area contributed by atoms with Crippen molar-refractivity contribution >= 4 is 29.8 Å². The Labute approximate surface area is 418 Å². The SMILES string of the molecule is CCC(C)(C)C(=O)OC(C)CC(C)(O)C(F)(F)F.CCC(C)(C)C(=O)OC1(C)CCCC1.CCC(C)(C)C(=O)OC1(CC)C2CC3CC(C2)CC1C3.CCC(C)(C)C(=O)OC1C2CC3C(=O)OC1C3C2. The van der Waals surface area contributed by atoms with Gasteiger partial charge in [-0.2, -0.15) is 13.2 Å². The topological polar surface area (TPSA) is 152 Å². The summed E-state index contributed by atoms with van der Waals surface area (Å²) >= 11 is 0. The Morgan fingerprint density at radius 3 is 1.56 bits per heavy atom. The Hall–Kier alpha value is -2.90. The van der Waals surface area contributed by atoms with Gasteiger partial charge in [0, 0.05) is 18.3 Å². The quantitative estimate of drug-likeness (QED) is 0.123. The van der Waals surface area contributed by atoms with Gasteiger partial charge in [0.1, 0.15) is 29.5 Å². The second-order valence-corrected chi connectivity index (χ2v) is 25.5. The van der Waals surface area contributed by atoms with Crippen molar-refractivity contribution in [2.45, 2.75) is 261 Å². The molecule has 8 aliphatic rings. The van der Waals surface area contributed by atoms with E-state index in [1.54, 1.807) is 20.8 Å². The highest BCUT2D eigenvalue weighted by Gasteiger charge is 2.64. The molecular weight excluding hydrogens is 906 g/mol. The van der Waals surface area contributed by atoms with Crippen LogP contribution in [0.25, 0.3) is 0 Å². The molecule has 404 valence electrons. The molecule has 70 heavy (non-hydrogen) atoms. The molecule has 1 N–H and O–H groups in total. The van der Waals surface area contributed by atoms with E-state index in [1.165, 1.54) is 51.9 Å². The number of hydrogen-bond donors (Lipinski definition) is 1. The maximum Gasteiger partial charge on any atom is 0.417 e. The molecule has 8 fully saturated rings. The average Bonchev–Trinajstić information content (AvgIpc) is 4.04. The van der Waals surface area contributed by atoms with Gasteiger partial charge in [-0.25, -0.2) is 0 Å². The van der Waals surface area contributed by atoms with E-state index < -0.39 is 41.1 Å². The van der Waals surface area contributed by atoms with Crippen LogP contribution in [0.3, 0.4) is 0 Å². The van der Waals surface area contributed by atoms with Gasteiger partial charge in [0.15, 0.2) is 5.60 Å². The number of carbonyl (C=O) groups is 5. The molecule has 0 spiro atoms. The Balaban J connectivity index is 0.000000205. The van der Waals surface area contributed by atoms with Crippen LogP contribution in [0.15, 0.2) is 0 Å². The highest BCUT2D eigenvalue weighted by molar-refractivity contribution is 5.79. The zero-order valence-electron chi connectivity index (χ0n) is 46.0. The molecule has 0 aromatic heterocycles. The molecule has 0 radical (unpaired) electrons. The fraction of sp³-hybridized carbons (Fsp3) is 0.911.